The molecule has 0 saturated carbocycles. The standard InChI is InChI=1S/C74H45N3O2/c1-3-13-46(14-4-1)48-23-29-53(30-24-48)75(56-34-39-70-64(44-56)59-19-9-11-21-68(59)78-70)55-33-27-51-42-63-61-37-38-66(72-62-36-28-50-17-7-8-18-58(50)73(62)77(74(61)72)67(63)43-52(51)41-55)76(54-31-25-49(26-32-54)47-15-5-2-6-16-47)57-35-40-71-65(45-57)60-20-10-12-22-69(60)79-71/h1-45H. The molecule has 4 aromatic heterocycles. The zero-order valence-corrected chi connectivity index (χ0v) is 42.6. The van der Waals surface area contributed by atoms with Gasteiger partial charge in [0.2, 0.25) is 0 Å². The summed E-state index contributed by atoms with van der Waals surface area (Å²) in [6.07, 6.45) is 0. The molecule has 0 atom stereocenters. The number of aromatic nitrogens is 1. The number of anilines is 6. The van der Waals surface area contributed by atoms with E-state index >= 15 is 0 Å². The highest BCUT2D eigenvalue weighted by atomic mass is 16.3. The summed E-state index contributed by atoms with van der Waals surface area (Å²) in [5.74, 6) is 0. The summed E-state index contributed by atoms with van der Waals surface area (Å²) in [6.45, 7) is 0. The summed E-state index contributed by atoms with van der Waals surface area (Å²) < 4.78 is 15.3. The van der Waals surface area contributed by atoms with E-state index in [1.165, 1.54) is 76.5 Å². The van der Waals surface area contributed by atoms with Crippen LogP contribution in [0.25, 0.3) is 126 Å². The van der Waals surface area contributed by atoms with Gasteiger partial charge in [0.15, 0.2) is 0 Å². The minimum atomic E-state index is 0.869. The van der Waals surface area contributed by atoms with Crippen molar-refractivity contribution < 1.29 is 8.83 Å². The maximum absolute atomic E-state index is 6.41. The van der Waals surface area contributed by atoms with Gasteiger partial charge in [-0.3, -0.25) is 0 Å². The zero-order valence-electron chi connectivity index (χ0n) is 42.6. The molecule has 0 unspecified atom stereocenters. The van der Waals surface area contributed by atoms with Crippen LogP contribution < -0.4 is 9.80 Å². The minimum Gasteiger partial charge on any atom is -0.456 e. The number of nitrogens with zero attached hydrogens (tertiary/aromatic N) is 3. The summed E-state index contributed by atoms with van der Waals surface area (Å²) in [7, 11) is 0. The van der Waals surface area contributed by atoms with Gasteiger partial charge in [0.1, 0.15) is 22.3 Å². The fourth-order valence-corrected chi connectivity index (χ4v) is 12.8. The van der Waals surface area contributed by atoms with Crippen LogP contribution in [0.3, 0.4) is 0 Å². The molecule has 5 nitrogen and oxygen atoms in total. The van der Waals surface area contributed by atoms with Gasteiger partial charge >= 0.3 is 0 Å². The van der Waals surface area contributed by atoms with Gasteiger partial charge in [0.05, 0.1) is 22.2 Å². The summed E-state index contributed by atoms with van der Waals surface area (Å²) >= 11 is 0. The van der Waals surface area contributed by atoms with Crippen molar-refractivity contribution in [2.45, 2.75) is 0 Å². The van der Waals surface area contributed by atoms with Crippen LogP contribution in [-0.2, 0) is 0 Å². The van der Waals surface area contributed by atoms with Crippen molar-refractivity contribution >= 4 is 138 Å². The Morgan fingerprint density at radius 2 is 0.734 bits per heavy atom. The molecule has 0 saturated heterocycles. The Morgan fingerprint density at radius 1 is 0.253 bits per heavy atom. The lowest BCUT2D eigenvalue weighted by atomic mass is 10.00. The summed E-state index contributed by atoms with van der Waals surface area (Å²) in [5.41, 5.74) is 18.2. The molecule has 79 heavy (non-hydrogen) atoms. The van der Waals surface area contributed by atoms with Crippen LogP contribution in [-0.4, -0.2) is 4.40 Å². The fourth-order valence-electron chi connectivity index (χ4n) is 12.8. The smallest absolute Gasteiger partial charge is 0.135 e. The lowest BCUT2D eigenvalue weighted by Crippen LogP contribution is -2.10. The van der Waals surface area contributed by atoms with Gasteiger partial charge in [0, 0.05) is 76.9 Å². The molecule has 4 heterocycles. The number of hydrogen-bond acceptors (Lipinski definition) is 4. The van der Waals surface area contributed by atoms with E-state index in [1.807, 2.05) is 18.2 Å². The van der Waals surface area contributed by atoms with Crippen LogP contribution in [0.1, 0.15) is 0 Å². The molecule has 0 radical (unpaired) electrons. The molecule has 17 rings (SSSR count). The summed E-state index contributed by atoms with van der Waals surface area (Å²) in [4.78, 5) is 4.83. The van der Waals surface area contributed by atoms with Crippen molar-refractivity contribution in [3.05, 3.63) is 273 Å². The van der Waals surface area contributed by atoms with E-state index in [1.54, 1.807) is 0 Å². The zero-order chi connectivity index (χ0) is 51.7. The first-order chi connectivity index (χ1) is 39.1. The lowest BCUT2D eigenvalue weighted by Gasteiger charge is -2.27. The molecule has 0 N–H and O–H groups in total. The molecule has 0 spiro atoms. The predicted octanol–water partition coefficient (Wildman–Crippen LogP) is 21.2. The molecular formula is C74H45N3O2. The first-order valence-corrected chi connectivity index (χ1v) is 27.0. The largest absolute Gasteiger partial charge is 0.456 e. The second kappa shape index (κ2) is 16.9. The fraction of sp³-hybridized carbons (Fsp3) is 0. The third-order valence-corrected chi connectivity index (χ3v) is 16.4. The Bertz CT molecular complexity index is 5250. The first kappa shape index (κ1) is 43.6. The van der Waals surface area contributed by atoms with Crippen molar-refractivity contribution in [1.29, 1.82) is 0 Å². The normalized spacial score (nSPS) is 12.1. The molecular weight excluding hydrogens is 963 g/mol. The van der Waals surface area contributed by atoms with Gasteiger partial charge in [0.25, 0.3) is 0 Å². The van der Waals surface area contributed by atoms with E-state index in [9.17, 15) is 0 Å². The number of rotatable bonds is 8. The van der Waals surface area contributed by atoms with E-state index < -0.39 is 0 Å². The average molecular weight is 1010 g/mol. The molecule has 0 bridgehead atoms. The first-order valence-electron chi connectivity index (χ1n) is 27.0. The number of hydrogen-bond donors (Lipinski definition) is 0. The van der Waals surface area contributed by atoms with Gasteiger partial charge in [-0.2, -0.15) is 0 Å². The highest BCUT2D eigenvalue weighted by molar-refractivity contribution is 6.31. The minimum absolute atomic E-state index is 0.869. The third-order valence-electron chi connectivity index (χ3n) is 16.4. The van der Waals surface area contributed by atoms with Crippen LogP contribution in [0.2, 0.25) is 0 Å². The maximum Gasteiger partial charge on any atom is 0.135 e. The number of para-hydroxylation sites is 2. The van der Waals surface area contributed by atoms with Crippen molar-refractivity contribution in [2.75, 3.05) is 9.80 Å². The highest BCUT2D eigenvalue weighted by Crippen LogP contribution is 2.50. The Kier molecular flexibility index (Phi) is 9.35. The topological polar surface area (TPSA) is 37.2 Å². The van der Waals surface area contributed by atoms with E-state index in [-0.39, 0.29) is 0 Å². The highest BCUT2D eigenvalue weighted by Gasteiger charge is 2.27. The van der Waals surface area contributed by atoms with Crippen molar-refractivity contribution in [3.63, 3.8) is 0 Å². The summed E-state index contributed by atoms with van der Waals surface area (Å²) in [6, 6.07) is 99.0. The van der Waals surface area contributed by atoms with E-state index in [2.05, 4.69) is 269 Å². The van der Waals surface area contributed by atoms with Crippen molar-refractivity contribution in [3.8, 4) is 22.3 Å². The van der Waals surface area contributed by atoms with Crippen molar-refractivity contribution in [1.82, 2.24) is 4.40 Å². The van der Waals surface area contributed by atoms with Crippen LogP contribution in [0.5, 0.6) is 0 Å². The molecule has 0 amide bonds. The van der Waals surface area contributed by atoms with Crippen LogP contribution in [0.4, 0.5) is 34.1 Å². The molecule has 17 aromatic rings. The Hall–Kier alpha value is -10.6. The number of fused-ring (bicyclic) bond motifs is 15. The van der Waals surface area contributed by atoms with E-state index in [0.717, 1.165) is 83.4 Å². The van der Waals surface area contributed by atoms with E-state index in [4.69, 9.17) is 8.83 Å². The number of furan rings is 2. The van der Waals surface area contributed by atoms with Gasteiger partial charge in [-0.05, 0) is 142 Å². The molecule has 0 aliphatic rings. The molecule has 0 aliphatic carbocycles. The number of benzene rings is 13. The van der Waals surface area contributed by atoms with Gasteiger partial charge < -0.3 is 23.0 Å². The van der Waals surface area contributed by atoms with Gasteiger partial charge in [-0.25, -0.2) is 0 Å². The Balaban J connectivity index is 0.897. The third kappa shape index (κ3) is 6.70. The molecule has 13 aromatic carbocycles. The van der Waals surface area contributed by atoms with E-state index in [0.29, 0.717) is 0 Å². The molecule has 0 fully saturated rings. The lowest BCUT2D eigenvalue weighted by molar-refractivity contribution is 0.668. The Labute approximate surface area is 453 Å². The van der Waals surface area contributed by atoms with Gasteiger partial charge in [-0.15, -0.1) is 0 Å². The quantitative estimate of drug-likeness (QED) is 0.152. The van der Waals surface area contributed by atoms with Crippen LogP contribution in [0.15, 0.2) is 282 Å². The van der Waals surface area contributed by atoms with Crippen molar-refractivity contribution in [2.24, 2.45) is 0 Å². The van der Waals surface area contributed by atoms with Crippen LogP contribution in [0, 0.1) is 0 Å². The molecule has 5 heteroatoms. The summed E-state index contributed by atoms with van der Waals surface area (Å²) in [5, 5.41) is 14.0. The second-order valence-electron chi connectivity index (χ2n) is 20.8. The predicted molar refractivity (Wildman–Crippen MR) is 331 cm³/mol. The second-order valence-corrected chi connectivity index (χ2v) is 20.8. The monoisotopic (exact) mass is 1010 g/mol. The van der Waals surface area contributed by atoms with Gasteiger partial charge in [-0.1, -0.05) is 170 Å². The van der Waals surface area contributed by atoms with Crippen LogP contribution >= 0.6 is 0 Å². The molecule has 0 aliphatic heterocycles. The SMILES string of the molecule is c1ccc(-c2ccc(N(c3ccc4cc5c6ccc(N(c7ccc(-c8ccccc8)cc7)c7ccc8oc9ccccc9c8c7)c7c8ccc9ccccc9c8n(c5cc4c3)c67)c3ccc4oc5ccccc5c4c3)cc2)cc1. The average Bonchev–Trinajstić information content (AvgIpc) is 2.90. The Morgan fingerprint density at radius 3 is 1.38 bits per heavy atom. The maximum atomic E-state index is 6.41. The molecule has 368 valence electrons.